The van der Waals surface area contributed by atoms with Crippen LogP contribution in [0, 0.1) is 11.3 Å². The van der Waals surface area contributed by atoms with Crippen LogP contribution >= 0.6 is 11.3 Å². The molecule has 2 aromatic heterocycles. The van der Waals surface area contributed by atoms with Crippen LogP contribution in [0.4, 0.5) is 0 Å². The maximum atomic E-state index is 12.7. The van der Waals surface area contributed by atoms with Crippen LogP contribution in [-0.2, 0) is 11.3 Å². The Morgan fingerprint density at radius 2 is 1.86 bits per heavy atom. The summed E-state index contributed by atoms with van der Waals surface area (Å²) in [6.45, 7) is 0.00192. The van der Waals surface area contributed by atoms with E-state index in [1.165, 1.54) is 17.6 Å². The van der Waals surface area contributed by atoms with Gasteiger partial charge in [0.1, 0.15) is 18.6 Å². The van der Waals surface area contributed by atoms with Gasteiger partial charge in [0.25, 0.3) is 0 Å². The summed E-state index contributed by atoms with van der Waals surface area (Å²) in [5.74, 6) is 0.0217. The number of ether oxygens (including phenoxy) is 1. The van der Waals surface area contributed by atoms with Crippen molar-refractivity contribution in [3.05, 3.63) is 89.1 Å². The molecule has 28 heavy (non-hydrogen) atoms. The number of hydrogen-bond donors (Lipinski definition) is 0. The molecule has 2 aromatic carbocycles. The fraction of sp³-hybridized carbons (Fsp3) is 0.0455. The van der Waals surface area contributed by atoms with E-state index in [-0.39, 0.29) is 6.61 Å². The zero-order valence-corrected chi connectivity index (χ0v) is 15.5. The van der Waals surface area contributed by atoms with Crippen molar-refractivity contribution >= 4 is 17.3 Å². The Morgan fingerprint density at radius 3 is 2.64 bits per heavy atom. The number of carbonyl (C=O) groups is 1. The molecule has 0 amide bonds. The van der Waals surface area contributed by atoms with Crippen LogP contribution in [0.3, 0.4) is 0 Å². The normalized spacial score (nSPS) is 10.4. The standard InChI is InChI=1S/C22H14N2O3S/c23-12-15-6-1-2-7-17(15)18-8-3-4-9-19(18)22(25)27-14-16-13-26-21(24-16)20-10-5-11-28-20/h1-11,13H,14H2. The molecule has 6 heteroatoms. The number of carbonyl (C=O) groups excluding carboxylic acids is 1. The Kier molecular flexibility index (Phi) is 5.00. The molecular weight excluding hydrogens is 372 g/mol. The van der Waals surface area contributed by atoms with E-state index in [4.69, 9.17) is 9.15 Å². The number of esters is 1. The molecule has 0 unspecified atom stereocenters. The van der Waals surface area contributed by atoms with E-state index < -0.39 is 5.97 Å². The van der Waals surface area contributed by atoms with Crippen LogP contribution in [0.25, 0.3) is 21.9 Å². The van der Waals surface area contributed by atoms with Gasteiger partial charge in [0.2, 0.25) is 5.89 Å². The lowest BCUT2D eigenvalue weighted by Crippen LogP contribution is -2.07. The van der Waals surface area contributed by atoms with E-state index >= 15 is 0 Å². The third kappa shape index (κ3) is 3.56. The Labute approximate surface area is 165 Å². The fourth-order valence-corrected chi connectivity index (χ4v) is 3.47. The summed E-state index contributed by atoms with van der Waals surface area (Å²) < 4.78 is 10.9. The highest BCUT2D eigenvalue weighted by molar-refractivity contribution is 7.13. The van der Waals surface area contributed by atoms with Gasteiger partial charge in [-0.1, -0.05) is 42.5 Å². The van der Waals surface area contributed by atoms with Gasteiger partial charge in [-0.2, -0.15) is 5.26 Å². The molecule has 0 saturated heterocycles. The maximum Gasteiger partial charge on any atom is 0.339 e. The number of benzene rings is 2. The highest BCUT2D eigenvalue weighted by Crippen LogP contribution is 2.28. The summed E-state index contributed by atoms with van der Waals surface area (Å²) in [5, 5.41) is 11.3. The van der Waals surface area contributed by atoms with E-state index in [9.17, 15) is 10.1 Å². The molecule has 5 nitrogen and oxygen atoms in total. The van der Waals surface area contributed by atoms with Crippen LogP contribution in [0.1, 0.15) is 21.6 Å². The van der Waals surface area contributed by atoms with Crippen LogP contribution in [-0.4, -0.2) is 11.0 Å². The van der Waals surface area contributed by atoms with Gasteiger partial charge in [0.05, 0.1) is 22.1 Å². The molecule has 4 rings (SSSR count). The minimum Gasteiger partial charge on any atom is -0.455 e. The lowest BCUT2D eigenvalue weighted by molar-refractivity contribution is 0.0468. The van der Waals surface area contributed by atoms with E-state index in [1.807, 2.05) is 35.7 Å². The van der Waals surface area contributed by atoms with Gasteiger partial charge in [0.15, 0.2) is 0 Å². The molecule has 136 valence electrons. The summed E-state index contributed by atoms with van der Waals surface area (Å²) in [4.78, 5) is 17.9. The Bertz CT molecular complexity index is 1160. The molecule has 0 aliphatic rings. The average Bonchev–Trinajstić information content (AvgIpc) is 3.44. The molecule has 0 aliphatic carbocycles. The first-order valence-electron chi connectivity index (χ1n) is 8.50. The Balaban J connectivity index is 1.54. The molecule has 0 N–H and O–H groups in total. The van der Waals surface area contributed by atoms with Gasteiger partial charge in [-0.3, -0.25) is 0 Å². The van der Waals surface area contributed by atoms with Crippen molar-refractivity contribution in [1.82, 2.24) is 4.98 Å². The summed E-state index contributed by atoms with van der Waals surface area (Å²) in [7, 11) is 0. The maximum absolute atomic E-state index is 12.7. The van der Waals surface area contributed by atoms with E-state index in [2.05, 4.69) is 11.1 Å². The fourth-order valence-electron chi connectivity index (χ4n) is 2.82. The second-order valence-corrected chi connectivity index (χ2v) is 6.85. The van der Waals surface area contributed by atoms with Crippen molar-refractivity contribution < 1.29 is 13.9 Å². The minimum atomic E-state index is -0.482. The van der Waals surface area contributed by atoms with Gasteiger partial charge in [-0.25, -0.2) is 9.78 Å². The average molecular weight is 386 g/mol. The van der Waals surface area contributed by atoms with Crippen molar-refractivity contribution in [3.8, 4) is 28.0 Å². The van der Waals surface area contributed by atoms with E-state index in [1.54, 1.807) is 30.3 Å². The van der Waals surface area contributed by atoms with E-state index in [0.29, 0.717) is 33.8 Å². The molecule has 0 atom stereocenters. The monoisotopic (exact) mass is 386 g/mol. The Morgan fingerprint density at radius 1 is 1.07 bits per heavy atom. The number of thiophene rings is 1. The molecular formula is C22H14N2O3S. The largest absolute Gasteiger partial charge is 0.455 e. The number of nitrogens with zero attached hydrogens (tertiary/aromatic N) is 2. The van der Waals surface area contributed by atoms with Gasteiger partial charge < -0.3 is 9.15 Å². The molecule has 0 bridgehead atoms. The van der Waals surface area contributed by atoms with Crippen molar-refractivity contribution in [2.45, 2.75) is 6.61 Å². The third-order valence-electron chi connectivity index (χ3n) is 4.12. The molecule has 4 aromatic rings. The highest BCUT2D eigenvalue weighted by atomic mass is 32.1. The minimum absolute atomic E-state index is 0.00192. The first kappa shape index (κ1) is 17.7. The molecule has 0 fully saturated rings. The molecule has 2 heterocycles. The number of rotatable bonds is 5. The number of hydrogen-bond acceptors (Lipinski definition) is 6. The second-order valence-electron chi connectivity index (χ2n) is 5.90. The number of aromatic nitrogens is 1. The lowest BCUT2D eigenvalue weighted by atomic mass is 9.96. The lowest BCUT2D eigenvalue weighted by Gasteiger charge is -2.10. The molecule has 0 spiro atoms. The number of nitriles is 1. The zero-order valence-electron chi connectivity index (χ0n) is 14.7. The predicted octanol–water partition coefficient (Wildman–Crippen LogP) is 5.30. The summed E-state index contributed by atoms with van der Waals surface area (Å²) in [6, 6.07) is 20.2. The van der Waals surface area contributed by atoms with E-state index in [0.717, 1.165) is 4.88 Å². The van der Waals surface area contributed by atoms with Crippen LogP contribution < -0.4 is 0 Å². The van der Waals surface area contributed by atoms with Gasteiger partial charge in [-0.05, 0) is 29.1 Å². The topological polar surface area (TPSA) is 76.1 Å². The second kappa shape index (κ2) is 7.91. The van der Waals surface area contributed by atoms with Crippen molar-refractivity contribution in [2.75, 3.05) is 0 Å². The van der Waals surface area contributed by atoms with Crippen LogP contribution in [0.2, 0.25) is 0 Å². The SMILES string of the molecule is N#Cc1ccccc1-c1ccccc1C(=O)OCc1coc(-c2cccs2)n1. The highest BCUT2D eigenvalue weighted by Gasteiger charge is 2.17. The first-order chi connectivity index (χ1) is 13.8. The van der Waals surface area contributed by atoms with Crippen molar-refractivity contribution in [1.29, 1.82) is 5.26 Å². The smallest absolute Gasteiger partial charge is 0.339 e. The first-order valence-corrected chi connectivity index (χ1v) is 9.38. The summed E-state index contributed by atoms with van der Waals surface area (Å²) >= 11 is 1.52. The Hall–Kier alpha value is -3.69. The molecule has 0 radical (unpaired) electrons. The van der Waals surface area contributed by atoms with Gasteiger partial charge >= 0.3 is 5.97 Å². The van der Waals surface area contributed by atoms with Gasteiger partial charge in [0, 0.05) is 5.56 Å². The summed E-state index contributed by atoms with van der Waals surface area (Å²) in [5.41, 5.74) is 2.78. The number of oxazole rings is 1. The van der Waals surface area contributed by atoms with Crippen molar-refractivity contribution in [2.24, 2.45) is 0 Å². The van der Waals surface area contributed by atoms with Gasteiger partial charge in [-0.15, -0.1) is 11.3 Å². The van der Waals surface area contributed by atoms with Crippen LogP contribution in [0.5, 0.6) is 0 Å². The third-order valence-corrected chi connectivity index (χ3v) is 4.98. The van der Waals surface area contributed by atoms with Crippen LogP contribution in [0.15, 0.2) is 76.7 Å². The predicted molar refractivity (Wildman–Crippen MR) is 106 cm³/mol. The summed E-state index contributed by atoms with van der Waals surface area (Å²) in [6.07, 6.45) is 1.49. The molecule has 0 aliphatic heterocycles. The molecule has 0 saturated carbocycles. The zero-order chi connectivity index (χ0) is 19.3. The van der Waals surface area contributed by atoms with Crippen molar-refractivity contribution in [3.63, 3.8) is 0 Å². The quantitative estimate of drug-likeness (QED) is 0.435.